The average Bonchev–Trinajstić information content (AvgIpc) is 2.56. The Morgan fingerprint density at radius 1 is 1.26 bits per heavy atom. The van der Waals surface area contributed by atoms with Crippen LogP contribution in [0.25, 0.3) is 0 Å². The Labute approximate surface area is 136 Å². The molecule has 0 aromatic carbocycles. The number of esters is 1. The third-order valence-electron chi connectivity index (χ3n) is 5.80. The molecule has 4 heterocycles. The van der Waals surface area contributed by atoms with Gasteiger partial charge in [0.15, 0.2) is 0 Å². The summed E-state index contributed by atoms with van der Waals surface area (Å²) >= 11 is 0. The van der Waals surface area contributed by atoms with Crippen molar-refractivity contribution in [2.45, 2.75) is 51.1 Å². The Balaban J connectivity index is 1.77. The van der Waals surface area contributed by atoms with Gasteiger partial charge < -0.3 is 9.30 Å². The van der Waals surface area contributed by atoms with Crippen LogP contribution in [0.4, 0.5) is 0 Å². The smallest absolute Gasteiger partial charge is 0.343 e. The van der Waals surface area contributed by atoms with E-state index in [4.69, 9.17) is 4.74 Å². The van der Waals surface area contributed by atoms with Crippen LogP contribution in [0.15, 0.2) is 16.9 Å². The molecule has 0 bridgehead atoms. The van der Waals surface area contributed by atoms with Crippen molar-refractivity contribution in [3.63, 3.8) is 0 Å². The highest BCUT2D eigenvalue weighted by atomic mass is 16.5. The van der Waals surface area contributed by atoms with Crippen molar-refractivity contribution in [3.8, 4) is 0 Å². The Morgan fingerprint density at radius 3 is 2.83 bits per heavy atom. The van der Waals surface area contributed by atoms with Crippen LogP contribution in [0.1, 0.15) is 54.6 Å². The van der Waals surface area contributed by atoms with Gasteiger partial charge in [0, 0.05) is 24.2 Å². The van der Waals surface area contributed by atoms with Gasteiger partial charge in [0.05, 0.1) is 6.61 Å². The molecule has 4 rings (SSSR count). The van der Waals surface area contributed by atoms with Gasteiger partial charge in [-0.15, -0.1) is 0 Å². The highest BCUT2D eigenvalue weighted by Crippen LogP contribution is 2.43. The number of ether oxygens (including phenoxy) is 1. The van der Waals surface area contributed by atoms with Crippen molar-refractivity contribution >= 4 is 5.97 Å². The van der Waals surface area contributed by atoms with Gasteiger partial charge >= 0.3 is 5.97 Å². The van der Waals surface area contributed by atoms with Gasteiger partial charge in [0.2, 0.25) is 0 Å². The number of piperidine rings is 2. The second kappa shape index (κ2) is 5.78. The third kappa shape index (κ3) is 2.33. The fraction of sp³-hybridized carbons (Fsp3) is 0.667. The van der Waals surface area contributed by atoms with Crippen LogP contribution < -0.4 is 5.56 Å². The molecule has 0 amide bonds. The summed E-state index contributed by atoms with van der Waals surface area (Å²) in [5.74, 6) is 0.479. The number of hydrogen-bond donors (Lipinski definition) is 0. The molecule has 2 saturated heterocycles. The van der Waals surface area contributed by atoms with E-state index in [-0.39, 0.29) is 11.1 Å². The standard InChI is InChI=1S/C18H24N2O3/c1-2-23-18(22)14-7-8-15-13-6-4-10-19-9-3-5-12(16(13)19)11-20(15)17(14)21/h7-8,12-13,16H,2-6,9-11H2,1H3/t12-,13+,16+/m0/s1. The van der Waals surface area contributed by atoms with Gasteiger partial charge in [0.1, 0.15) is 5.56 Å². The summed E-state index contributed by atoms with van der Waals surface area (Å²) in [4.78, 5) is 27.5. The SMILES string of the molecule is CCOC(=O)c1ccc2n(c1=O)C[C@@H]1CCCN3CCC[C@H]2[C@@H]13. The van der Waals surface area contributed by atoms with Gasteiger partial charge in [0.25, 0.3) is 5.56 Å². The van der Waals surface area contributed by atoms with Crippen molar-refractivity contribution in [1.29, 1.82) is 0 Å². The lowest BCUT2D eigenvalue weighted by atomic mass is 9.72. The molecule has 3 aliphatic rings. The van der Waals surface area contributed by atoms with Gasteiger partial charge in [-0.25, -0.2) is 4.79 Å². The molecule has 2 fully saturated rings. The Kier molecular flexibility index (Phi) is 3.76. The van der Waals surface area contributed by atoms with Crippen molar-refractivity contribution < 1.29 is 9.53 Å². The predicted molar refractivity (Wildman–Crippen MR) is 86.7 cm³/mol. The second-order valence-corrected chi connectivity index (χ2v) is 6.99. The molecule has 1 aromatic heterocycles. The van der Waals surface area contributed by atoms with Crippen LogP contribution in [0.5, 0.6) is 0 Å². The van der Waals surface area contributed by atoms with Crippen LogP contribution in [0.3, 0.4) is 0 Å². The van der Waals surface area contributed by atoms with Crippen molar-refractivity contribution in [3.05, 3.63) is 33.7 Å². The van der Waals surface area contributed by atoms with Crippen LogP contribution >= 0.6 is 0 Å². The zero-order valence-corrected chi connectivity index (χ0v) is 13.7. The Hall–Kier alpha value is -1.62. The van der Waals surface area contributed by atoms with E-state index in [1.165, 1.54) is 32.4 Å². The van der Waals surface area contributed by atoms with Crippen molar-refractivity contribution in [2.24, 2.45) is 5.92 Å². The average molecular weight is 316 g/mol. The summed E-state index contributed by atoms with van der Waals surface area (Å²) in [5, 5.41) is 0. The molecule has 5 heteroatoms. The maximum absolute atomic E-state index is 12.8. The summed E-state index contributed by atoms with van der Waals surface area (Å²) in [6, 6.07) is 4.26. The van der Waals surface area contributed by atoms with Gasteiger partial charge in [-0.05, 0) is 63.7 Å². The van der Waals surface area contributed by atoms with Gasteiger partial charge in [-0.2, -0.15) is 0 Å². The van der Waals surface area contributed by atoms with E-state index in [2.05, 4.69) is 4.90 Å². The van der Waals surface area contributed by atoms with Crippen LogP contribution in [0, 0.1) is 5.92 Å². The number of aromatic nitrogens is 1. The third-order valence-corrected chi connectivity index (χ3v) is 5.80. The summed E-state index contributed by atoms with van der Waals surface area (Å²) in [7, 11) is 0. The minimum absolute atomic E-state index is 0.165. The Morgan fingerprint density at radius 2 is 2.04 bits per heavy atom. The van der Waals surface area contributed by atoms with Crippen molar-refractivity contribution in [1.82, 2.24) is 9.47 Å². The number of fused-ring (bicyclic) bond motifs is 2. The van der Waals surface area contributed by atoms with E-state index in [9.17, 15) is 9.59 Å². The van der Waals surface area contributed by atoms with E-state index in [0.717, 1.165) is 18.7 Å². The van der Waals surface area contributed by atoms with Crippen LogP contribution in [-0.4, -0.2) is 41.2 Å². The minimum Gasteiger partial charge on any atom is -0.462 e. The van der Waals surface area contributed by atoms with Gasteiger partial charge in [-0.3, -0.25) is 9.69 Å². The number of rotatable bonds is 2. The number of carbonyl (C=O) groups is 1. The fourth-order valence-electron chi connectivity index (χ4n) is 4.93. The lowest BCUT2D eigenvalue weighted by Gasteiger charge is -2.52. The largest absolute Gasteiger partial charge is 0.462 e. The van der Waals surface area contributed by atoms with Crippen LogP contribution in [-0.2, 0) is 11.3 Å². The molecule has 5 nitrogen and oxygen atoms in total. The molecule has 124 valence electrons. The van der Waals surface area contributed by atoms with E-state index < -0.39 is 5.97 Å². The molecular formula is C18H24N2O3. The van der Waals surface area contributed by atoms with Gasteiger partial charge in [-0.1, -0.05) is 0 Å². The Bertz CT molecular complexity index is 679. The molecule has 0 saturated carbocycles. The first-order valence-corrected chi connectivity index (χ1v) is 8.85. The summed E-state index contributed by atoms with van der Waals surface area (Å²) in [6.07, 6.45) is 4.75. The van der Waals surface area contributed by atoms with E-state index >= 15 is 0 Å². The zero-order chi connectivity index (χ0) is 16.0. The molecule has 3 atom stereocenters. The molecule has 0 N–H and O–H groups in total. The first-order chi connectivity index (χ1) is 11.2. The highest BCUT2D eigenvalue weighted by molar-refractivity contribution is 5.89. The number of nitrogens with zero attached hydrogens (tertiary/aromatic N) is 2. The predicted octanol–water partition coefficient (Wildman–Crippen LogP) is 2.00. The molecule has 0 unspecified atom stereocenters. The monoisotopic (exact) mass is 316 g/mol. The summed E-state index contributed by atoms with van der Waals surface area (Å²) in [6.45, 7) is 5.20. The molecular weight excluding hydrogens is 292 g/mol. The quantitative estimate of drug-likeness (QED) is 0.783. The minimum atomic E-state index is -0.496. The van der Waals surface area contributed by atoms with E-state index in [0.29, 0.717) is 24.5 Å². The fourth-order valence-corrected chi connectivity index (χ4v) is 4.93. The zero-order valence-electron chi connectivity index (χ0n) is 13.7. The summed E-state index contributed by atoms with van der Waals surface area (Å²) < 4.78 is 6.90. The molecule has 0 radical (unpaired) electrons. The first-order valence-electron chi connectivity index (χ1n) is 8.85. The number of pyridine rings is 1. The number of carbonyl (C=O) groups excluding carboxylic acids is 1. The molecule has 3 aliphatic heterocycles. The lowest BCUT2D eigenvalue weighted by Crippen LogP contribution is -2.56. The van der Waals surface area contributed by atoms with Crippen LogP contribution in [0.2, 0.25) is 0 Å². The molecule has 0 spiro atoms. The molecule has 0 aliphatic carbocycles. The topological polar surface area (TPSA) is 51.5 Å². The lowest BCUT2D eigenvalue weighted by molar-refractivity contribution is 0.0177. The first kappa shape index (κ1) is 14.9. The molecule has 1 aromatic rings. The maximum Gasteiger partial charge on any atom is 0.343 e. The summed E-state index contributed by atoms with van der Waals surface area (Å²) in [5.41, 5.74) is 1.13. The second-order valence-electron chi connectivity index (χ2n) is 6.99. The molecule has 23 heavy (non-hydrogen) atoms. The number of hydrogen-bond acceptors (Lipinski definition) is 4. The van der Waals surface area contributed by atoms with Crippen molar-refractivity contribution in [2.75, 3.05) is 19.7 Å². The van der Waals surface area contributed by atoms with E-state index in [1.54, 1.807) is 13.0 Å². The van der Waals surface area contributed by atoms with E-state index in [1.807, 2.05) is 10.6 Å². The maximum atomic E-state index is 12.8. The normalized spacial score (nSPS) is 29.5. The highest BCUT2D eigenvalue weighted by Gasteiger charge is 2.44.